The Balaban J connectivity index is 1.69. The fourth-order valence-corrected chi connectivity index (χ4v) is 3.84. The third kappa shape index (κ3) is 3.12. The van der Waals surface area contributed by atoms with Gasteiger partial charge in [0, 0.05) is 29.2 Å². The molecule has 0 aliphatic rings. The fourth-order valence-electron chi connectivity index (χ4n) is 2.93. The Kier molecular flexibility index (Phi) is 4.59. The Hall–Kier alpha value is -3.57. The summed E-state index contributed by atoms with van der Waals surface area (Å²) in [5, 5.41) is 16.2. The third-order valence-corrected chi connectivity index (χ3v) is 5.47. The highest BCUT2D eigenvalue weighted by Gasteiger charge is 2.13. The van der Waals surface area contributed by atoms with Crippen molar-refractivity contribution in [2.75, 3.05) is 5.43 Å². The maximum absolute atomic E-state index is 13.3. The standard InChI is InChI=1S/C20H15FN6S/c1-12-14(7-16(8-22)27(12)2)9-25-26-19-18-17(10-28-20(18)24-11-23-19)13-3-5-15(21)6-4-13/h3-7,9-11H,1-2H3,(H,23,24,26)/b25-9-. The SMILES string of the molecule is Cc1c(/C=N\Nc2ncnc3scc(-c4ccc(F)cc4)c23)cc(C#N)n1C. The van der Waals surface area contributed by atoms with Crippen molar-refractivity contribution in [3.05, 3.63) is 64.8 Å². The first-order valence-electron chi connectivity index (χ1n) is 8.42. The van der Waals surface area contributed by atoms with Gasteiger partial charge in [0.25, 0.3) is 0 Å². The zero-order valence-corrected chi connectivity index (χ0v) is 16.0. The van der Waals surface area contributed by atoms with Crippen LogP contribution in [-0.4, -0.2) is 20.7 Å². The number of hydrogen-bond acceptors (Lipinski definition) is 6. The second-order valence-corrected chi connectivity index (χ2v) is 7.03. The molecule has 4 rings (SSSR count). The number of aromatic nitrogens is 3. The number of rotatable bonds is 4. The number of fused-ring (bicyclic) bond motifs is 1. The molecule has 6 nitrogen and oxygen atoms in total. The van der Waals surface area contributed by atoms with E-state index in [9.17, 15) is 4.39 Å². The molecule has 0 aliphatic carbocycles. The van der Waals surface area contributed by atoms with E-state index in [0.29, 0.717) is 11.5 Å². The summed E-state index contributed by atoms with van der Waals surface area (Å²) in [6.45, 7) is 1.93. The number of halogens is 1. The first-order chi connectivity index (χ1) is 13.6. The van der Waals surface area contributed by atoms with Crippen molar-refractivity contribution >= 4 is 33.6 Å². The van der Waals surface area contributed by atoms with Crippen molar-refractivity contribution in [3.63, 3.8) is 0 Å². The van der Waals surface area contributed by atoms with E-state index in [0.717, 1.165) is 32.6 Å². The lowest BCUT2D eigenvalue weighted by molar-refractivity contribution is 0.628. The van der Waals surface area contributed by atoms with Crippen LogP contribution in [0.15, 0.2) is 47.1 Å². The topological polar surface area (TPSA) is 78.9 Å². The van der Waals surface area contributed by atoms with Crippen LogP contribution in [0.2, 0.25) is 0 Å². The molecule has 1 aromatic carbocycles. The van der Waals surface area contributed by atoms with E-state index in [1.807, 2.05) is 23.9 Å². The van der Waals surface area contributed by atoms with Gasteiger partial charge in [-0.15, -0.1) is 11.3 Å². The zero-order chi connectivity index (χ0) is 19.7. The molecular weight excluding hydrogens is 375 g/mol. The predicted molar refractivity (Wildman–Crippen MR) is 109 cm³/mol. The van der Waals surface area contributed by atoms with Crippen molar-refractivity contribution in [2.45, 2.75) is 6.92 Å². The van der Waals surface area contributed by atoms with Crippen molar-refractivity contribution in [3.8, 4) is 17.2 Å². The van der Waals surface area contributed by atoms with Crippen LogP contribution in [0.3, 0.4) is 0 Å². The van der Waals surface area contributed by atoms with Crippen LogP contribution in [0.5, 0.6) is 0 Å². The normalized spacial score (nSPS) is 11.2. The average molecular weight is 390 g/mol. The molecule has 0 radical (unpaired) electrons. The van der Waals surface area contributed by atoms with Gasteiger partial charge in [0.15, 0.2) is 5.82 Å². The molecule has 0 aliphatic heterocycles. The second kappa shape index (κ2) is 7.21. The molecule has 8 heteroatoms. The average Bonchev–Trinajstić information content (AvgIpc) is 3.26. The lowest BCUT2D eigenvalue weighted by Gasteiger charge is -2.05. The molecule has 28 heavy (non-hydrogen) atoms. The van der Waals surface area contributed by atoms with Gasteiger partial charge in [-0.25, -0.2) is 14.4 Å². The Labute approximate surface area is 164 Å². The van der Waals surface area contributed by atoms with Crippen LogP contribution in [0, 0.1) is 24.1 Å². The third-order valence-electron chi connectivity index (χ3n) is 4.59. The first-order valence-corrected chi connectivity index (χ1v) is 9.30. The molecular formula is C20H15FN6S. The van der Waals surface area contributed by atoms with Crippen LogP contribution in [0.4, 0.5) is 10.2 Å². The minimum absolute atomic E-state index is 0.280. The van der Waals surface area contributed by atoms with Crippen LogP contribution in [0.25, 0.3) is 21.3 Å². The molecule has 0 unspecified atom stereocenters. The van der Waals surface area contributed by atoms with E-state index in [-0.39, 0.29) is 5.82 Å². The van der Waals surface area contributed by atoms with E-state index in [1.165, 1.54) is 29.8 Å². The summed E-state index contributed by atoms with van der Waals surface area (Å²) in [4.78, 5) is 9.44. The number of anilines is 1. The van der Waals surface area contributed by atoms with Gasteiger partial charge < -0.3 is 4.57 Å². The van der Waals surface area contributed by atoms with Crippen LogP contribution in [0.1, 0.15) is 17.0 Å². The first kappa shape index (κ1) is 17.8. The summed E-state index contributed by atoms with van der Waals surface area (Å²) in [5.74, 6) is 0.286. The minimum Gasteiger partial charge on any atom is -0.339 e. The number of nitrogens with one attached hydrogen (secondary N) is 1. The summed E-state index contributed by atoms with van der Waals surface area (Å²) < 4.78 is 15.1. The molecule has 0 atom stereocenters. The van der Waals surface area contributed by atoms with E-state index < -0.39 is 0 Å². The number of hydrazone groups is 1. The number of nitriles is 1. The van der Waals surface area contributed by atoms with Crippen molar-refractivity contribution in [1.82, 2.24) is 14.5 Å². The molecule has 0 saturated carbocycles. The summed E-state index contributed by atoms with van der Waals surface area (Å²) in [6, 6.07) is 10.3. The molecule has 0 fully saturated rings. The molecule has 0 bridgehead atoms. The molecule has 1 N–H and O–H groups in total. The number of benzene rings is 1. The molecule has 3 heterocycles. The summed E-state index contributed by atoms with van der Waals surface area (Å²) >= 11 is 1.49. The lowest BCUT2D eigenvalue weighted by Crippen LogP contribution is -1.97. The highest BCUT2D eigenvalue weighted by atomic mass is 32.1. The molecule has 3 aromatic heterocycles. The molecule has 0 amide bonds. The summed E-state index contributed by atoms with van der Waals surface area (Å²) in [6.07, 6.45) is 3.14. The van der Waals surface area contributed by atoms with E-state index in [4.69, 9.17) is 5.26 Å². The monoisotopic (exact) mass is 390 g/mol. The van der Waals surface area contributed by atoms with Gasteiger partial charge in [0.05, 0.1) is 11.6 Å². The highest BCUT2D eigenvalue weighted by molar-refractivity contribution is 7.17. The molecule has 0 saturated heterocycles. The van der Waals surface area contributed by atoms with Crippen molar-refractivity contribution in [1.29, 1.82) is 5.26 Å². The van der Waals surface area contributed by atoms with Gasteiger partial charge in [-0.3, -0.25) is 5.43 Å². The van der Waals surface area contributed by atoms with E-state index in [1.54, 1.807) is 24.4 Å². The van der Waals surface area contributed by atoms with Crippen LogP contribution < -0.4 is 5.43 Å². The van der Waals surface area contributed by atoms with Gasteiger partial charge in [0.1, 0.15) is 28.7 Å². The van der Waals surface area contributed by atoms with Gasteiger partial charge >= 0.3 is 0 Å². The second-order valence-electron chi connectivity index (χ2n) is 6.17. The maximum atomic E-state index is 13.3. The maximum Gasteiger partial charge on any atom is 0.159 e. The zero-order valence-electron chi connectivity index (χ0n) is 15.1. The highest BCUT2D eigenvalue weighted by Crippen LogP contribution is 2.36. The number of nitrogens with zero attached hydrogens (tertiary/aromatic N) is 5. The number of thiophene rings is 1. The van der Waals surface area contributed by atoms with Gasteiger partial charge in [-0.1, -0.05) is 12.1 Å². The number of hydrogen-bond donors (Lipinski definition) is 1. The Morgan fingerprint density at radius 2 is 2.07 bits per heavy atom. The smallest absolute Gasteiger partial charge is 0.159 e. The van der Waals surface area contributed by atoms with Crippen LogP contribution in [-0.2, 0) is 7.05 Å². The fraction of sp³-hybridized carbons (Fsp3) is 0.100. The summed E-state index contributed by atoms with van der Waals surface area (Å²) in [5.41, 5.74) is 7.14. The van der Waals surface area contributed by atoms with Crippen LogP contribution >= 0.6 is 11.3 Å². The predicted octanol–water partition coefficient (Wildman–Crippen LogP) is 4.46. The van der Waals surface area contributed by atoms with E-state index >= 15 is 0 Å². The van der Waals surface area contributed by atoms with Gasteiger partial charge in [-0.05, 0) is 30.7 Å². The molecule has 4 aromatic rings. The molecule has 138 valence electrons. The van der Waals surface area contributed by atoms with Crippen molar-refractivity contribution < 1.29 is 4.39 Å². The Morgan fingerprint density at radius 3 is 2.79 bits per heavy atom. The van der Waals surface area contributed by atoms with E-state index in [2.05, 4.69) is 26.6 Å². The minimum atomic E-state index is -0.280. The molecule has 0 spiro atoms. The Morgan fingerprint density at radius 1 is 1.29 bits per heavy atom. The Bertz CT molecular complexity index is 1230. The van der Waals surface area contributed by atoms with Gasteiger partial charge in [-0.2, -0.15) is 10.4 Å². The lowest BCUT2D eigenvalue weighted by atomic mass is 10.1. The summed E-state index contributed by atoms with van der Waals surface area (Å²) in [7, 11) is 1.84. The van der Waals surface area contributed by atoms with Crippen molar-refractivity contribution in [2.24, 2.45) is 12.1 Å². The van der Waals surface area contributed by atoms with Gasteiger partial charge in [0.2, 0.25) is 0 Å². The quantitative estimate of drug-likeness (QED) is 0.412. The largest absolute Gasteiger partial charge is 0.339 e.